The molecule has 0 saturated heterocycles. The molecular formula is C36H34N2O2. The normalized spacial score (nSPS) is 12.7. The number of fused-ring (bicyclic) bond motifs is 2. The van der Waals surface area contributed by atoms with Crippen molar-refractivity contribution in [2.24, 2.45) is 11.5 Å². The summed E-state index contributed by atoms with van der Waals surface area (Å²) in [6.45, 7) is 13.2. The van der Waals surface area contributed by atoms with Gasteiger partial charge in [0.05, 0.1) is 0 Å². The van der Waals surface area contributed by atoms with Crippen molar-refractivity contribution in [3.8, 4) is 11.1 Å². The van der Waals surface area contributed by atoms with Crippen molar-refractivity contribution >= 4 is 54.9 Å². The predicted octanol–water partition coefficient (Wildman–Crippen LogP) is 8.20. The predicted molar refractivity (Wildman–Crippen MR) is 168 cm³/mol. The fourth-order valence-corrected chi connectivity index (χ4v) is 6.34. The lowest BCUT2D eigenvalue weighted by Gasteiger charge is -2.28. The van der Waals surface area contributed by atoms with Crippen molar-refractivity contribution in [2.45, 2.75) is 52.4 Å². The Hall–Kier alpha value is -4.44. The molecule has 0 bridgehead atoms. The van der Waals surface area contributed by atoms with Crippen LogP contribution in [0, 0.1) is 0 Å². The average molecular weight is 527 g/mol. The third-order valence-electron chi connectivity index (χ3n) is 8.26. The van der Waals surface area contributed by atoms with E-state index in [2.05, 4.69) is 90.1 Å². The third-order valence-corrected chi connectivity index (χ3v) is 8.26. The Balaban J connectivity index is 1.98. The molecule has 0 atom stereocenters. The molecule has 200 valence electrons. The number of rotatable bonds is 3. The van der Waals surface area contributed by atoms with Crippen LogP contribution in [-0.4, -0.2) is 11.8 Å². The van der Waals surface area contributed by atoms with E-state index in [9.17, 15) is 9.59 Å². The SMILES string of the molecule is CC(C)(C)c1ccc(C(C)(C)C)c(-c2cc(C(N)=O)c3c(C(N)=O)ccc4c5cccc6cccc(c2c34)c65)c1. The second-order valence-electron chi connectivity index (χ2n) is 13.0. The summed E-state index contributed by atoms with van der Waals surface area (Å²) in [4.78, 5) is 25.8. The van der Waals surface area contributed by atoms with Crippen molar-refractivity contribution < 1.29 is 9.59 Å². The van der Waals surface area contributed by atoms with Crippen LogP contribution < -0.4 is 11.5 Å². The highest BCUT2D eigenvalue weighted by molar-refractivity contribution is 6.38. The summed E-state index contributed by atoms with van der Waals surface area (Å²) in [7, 11) is 0. The number of benzene rings is 6. The monoisotopic (exact) mass is 526 g/mol. The summed E-state index contributed by atoms with van der Waals surface area (Å²) in [6.07, 6.45) is 0. The van der Waals surface area contributed by atoms with Gasteiger partial charge in [-0.05, 0) is 82.9 Å². The van der Waals surface area contributed by atoms with Crippen molar-refractivity contribution in [1.82, 2.24) is 0 Å². The van der Waals surface area contributed by atoms with Gasteiger partial charge in [0.25, 0.3) is 0 Å². The van der Waals surface area contributed by atoms with Gasteiger partial charge in [0, 0.05) is 16.5 Å². The Labute approximate surface area is 234 Å². The number of carbonyl (C=O) groups is 2. The molecule has 40 heavy (non-hydrogen) atoms. The molecule has 0 radical (unpaired) electrons. The summed E-state index contributed by atoms with van der Waals surface area (Å²) in [5, 5.41) is 7.75. The summed E-state index contributed by atoms with van der Waals surface area (Å²) in [5.41, 5.74) is 16.7. The number of hydrogen-bond donors (Lipinski definition) is 2. The summed E-state index contributed by atoms with van der Waals surface area (Å²) < 4.78 is 0. The van der Waals surface area contributed by atoms with Gasteiger partial charge in [-0.15, -0.1) is 0 Å². The summed E-state index contributed by atoms with van der Waals surface area (Å²) in [6, 6.07) is 24.9. The molecule has 4 heteroatoms. The van der Waals surface area contributed by atoms with Crippen molar-refractivity contribution in [3.63, 3.8) is 0 Å². The number of carbonyl (C=O) groups excluding carboxylic acids is 2. The first-order valence-electron chi connectivity index (χ1n) is 13.7. The Morgan fingerprint density at radius 3 is 1.77 bits per heavy atom. The lowest BCUT2D eigenvalue weighted by molar-refractivity contribution is 0.0998. The minimum absolute atomic E-state index is 0.0807. The molecule has 2 amide bonds. The molecule has 6 aromatic carbocycles. The van der Waals surface area contributed by atoms with Gasteiger partial charge in [-0.2, -0.15) is 0 Å². The van der Waals surface area contributed by atoms with E-state index in [1.807, 2.05) is 18.2 Å². The Morgan fingerprint density at radius 2 is 1.18 bits per heavy atom. The van der Waals surface area contributed by atoms with E-state index < -0.39 is 11.8 Å². The van der Waals surface area contributed by atoms with Crippen LogP contribution in [-0.2, 0) is 10.8 Å². The molecule has 0 spiro atoms. The highest BCUT2D eigenvalue weighted by Crippen LogP contribution is 2.48. The van der Waals surface area contributed by atoms with Gasteiger partial charge < -0.3 is 11.5 Å². The van der Waals surface area contributed by atoms with Gasteiger partial charge in [-0.25, -0.2) is 0 Å². The van der Waals surface area contributed by atoms with Gasteiger partial charge in [-0.3, -0.25) is 9.59 Å². The van der Waals surface area contributed by atoms with Crippen LogP contribution in [0.25, 0.3) is 54.2 Å². The zero-order valence-corrected chi connectivity index (χ0v) is 23.9. The minimum Gasteiger partial charge on any atom is -0.366 e. The number of primary amides is 2. The first kappa shape index (κ1) is 25.8. The van der Waals surface area contributed by atoms with Crippen molar-refractivity contribution in [1.29, 1.82) is 0 Å². The van der Waals surface area contributed by atoms with Gasteiger partial charge >= 0.3 is 0 Å². The van der Waals surface area contributed by atoms with Crippen molar-refractivity contribution in [3.05, 3.63) is 95.1 Å². The van der Waals surface area contributed by atoms with E-state index in [0.29, 0.717) is 16.5 Å². The topological polar surface area (TPSA) is 86.2 Å². The molecule has 4 nitrogen and oxygen atoms in total. The molecule has 6 rings (SSSR count). The zero-order chi connectivity index (χ0) is 28.7. The largest absolute Gasteiger partial charge is 0.366 e. The van der Waals surface area contributed by atoms with E-state index in [1.165, 1.54) is 11.1 Å². The maximum Gasteiger partial charge on any atom is 0.249 e. The van der Waals surface area contributed by atoms with Crippen molar-refractivity contribution in [2.75, 3.05) is 0 Å². The molecule has 0 unspecified atom stereocenters. The van der Waals surface area contributed by atoms with Gasteiger partial charge in [0.15, 0.2) is 0 Å². The van der Waals surface area contributed by atoms with Crippen LogP contribution in [0.15, 0.2) is 72.8 Å². The Bertz CT molecular complexity index is 2010. The van der Waals surface area contributed by atoms with Gasteiger partial charge in [0.2, 0.25) is 11.8 Å². The summed E-state index contributed by atoms with van der Waals surface area (Å²) >= 11 is 0. The van der Waals surface area contributed by atoms with Gasteiger partial charge in [0.1, 0.15) is 0 Å². The van der Waals surface area contributed by atoms with E-state index in [4.69, 9.17) is 11.5 Å². The average Bonchev–Trinajstić information content (AvgIpc) is 2.89. The maximum atomic E-state index is 13.1. The molecule has 0 aromatic heterocycles. The quantitative estimate of drug-likeness (QED) is 0.180. The smallest absolute Gasteiger partial charge is 0.249 e. The van der Waals surface area contributed by atoms with E-state index in [1.54, 1.807) is 6.07 Å². The lowest BCUT2D eigenvalue weighted by Crippen LogP contribution is -2.18. The Kier molecular flexibility index (Phi) is 5.50. The van der Waals surface area contributed by atoms with E-state index in [-0.39, 0.29) is 10.8 Å². The standard InChI is InChI=1S/C36H34N2O2/c1-35(2,3)20-13-16-28(36(4,5)6)25(17-20)26-18-27(34(38)40)31-24(33(37)39)15-14-22-21-11-7-9-19-10-8-12-23(29(19)21)30(26)32(22)31/h7-18H,1-6H3,(H2,37,39)(H2,38,40). The molecule has 0 heterocycles. The lowest BCUT2D eigenvalue weighted by atomic mass is 9.75. The molecule has 4 N–H and O–H groups in total. The second kappa shape index (κ2) is 8.53. The fraction of sp³-hybridized carbons (Fsp3) is 0.222. The molecular weight excluding hydrogens is 492 g/mol. The third kappa shape index (κ3) is 3.74. The molecule has 0 fully saturated rings. The zero-order valence-electron chi connectivity index (χ0n) is 23.9. The van der Waals surface area contributed by atoms with Gasteiger partial charge in [-0.1, -0.05) is 102 Å². The minimum atomic E-state index is -0.589. The van der Waals surface area contributed by atoms with Crippen LogP contribution in [0.3, 0.4) is 0 Å². The first-order chi connectivity index (χ1) is 18.8. The maximum absolute atomic E-state index is 13.1. The fourth-order valence-electron chi connectivity index (χ4n) is 6.34. The molecule has 0 aliphatic heterocycles. The molecule has 6 aromatic rings. The highest BCUT2D eigenvalue weighted by atomic mass is 16.1. The van der Waals surface area contributed by atoms with Crippen LogP contribution in [0.1, 0.15) is 73.4 Å². The molecule has 0 aliphatic rings. The van der Waals surface area contributed by atoms with Crippen LogP contribution >= 0.6 is 0 Å². The number of hydrogen-bond acceptors (Lipinski definition) is 2. The molecule has 0 saturated carbocycles. The number of amides is 2. The van der Waals surface area contributed by atoms with Crippen LogP contribution in [0.2, 0.25) is 0 Å². The second-order valence-corrected chi connectivity index (χ2v) is 13.0. The van der Waals surface area contributed by atoms with E-state index >= 15 is 0 Å². The summed E-state index contributed by atoms with van der Waals surface area (Å²) in [5.74, 6) is -1.18. The highest BCUT2D eigenvalue weighted by Gasteiger charge is 2.28. The first-order valence-corrected chi connectivity index (χ1v) is 13.7. The number of nitrogens with two attached hydrogens (primary N) is 2. The molecule has 0 aliphatic carbocycles. The van der Waals surface area contributed by atoms with E-state index in [0.717, 1.165) is 48.8 Å². The van der Waals surface area contributed by atoms with Crippen LogP contribution in [0.5, 0.6) is 0 Å². The van der Waals surface area contributed by atoms with Crippen LogP contribution in [0.4, 0.5) is 0 Å². The Morgan fingerprint density at radius 1 is 0.550 bits per heavy atom.